The second kappa shape index (κ2) is 10.4. The Morgan fingerprint density at radius 1 is 1.12 bits per heavy atom. The fourth-order valence-corrected chi connectivity index (χ4v) is 2.87. The van der Waals surface area contributed by atoms with Gasteiger partial charge in [0, 0.05) is 17.8 Å². The van der Waals surface area contributed by atoms with Crippen molar-refractivity contribution in [1.29, 1.82) is 5.26 Å². The van der Waals surface area contributed by atoms with Gasteiger partial charge in [0.15, 0.2) is 0 Å². The molecule has 0 unspecified atom stereocenters. The third-order valence-corrected chi connectivity index (χ3v) is 4.42. The third-order valence-electron chi connectivity index (χ3n) is 4.42. The molecule has 0 aliphatic heterocycles. The molecule has 0 heterocycles. The fraction of sp³-hybridized carbons (Fsp3) is 0.130. The molecule has 9 heteroatoms. The topological polar surface area (TPSA) is 127 Å². The first kappa shape index (κ1) is 22.1. The van der Waals surface area contributed by atoms with Crippen LogP contribution < -0.4 is 20.1 Å². The number of carbonyl (C=O) groups excluding carboxylic acids is 1. The van der Waals surface area contributed by atoms with Gasteiger partial charge >= 0.3 is 0 Å². The largest absolute Gasteiger partial charge is 0.494 e. The second-order valence-electron chi connectivity index (χ2n) is 6.67. The second-order valence-corrected chi connectivity index (χ2v) is 6.67. The minimum absolute atomic E-state index is 0.0339. The van der Waals surface area contributed by atoms with E-state index in [1.54, 1.807) is 42.5 Å². The molecule has 0 radical (unpaired) electrons. The lowest BCUT2D eigenvalue weighted by Gasteiger charge is -2.12. The molecular formula is C23H20N4O5. The van der Waals surface area contributed by atoms with E-state index in [0.717, 1.165) is 5.56 Å². The first-order valence-electron chi connectivity index (χ1n) is 9.56. The number of methoxy groups -OCH3 is 1. The minimum Gasteiger partial charge on any atom is -0.494 e. The Hall–Kier alpha value is -4.58. The summed E-state index contributed by atoms with van der Waals surface area (Å²) in [7, 11) is 1.37. The number of ether oxygens (including phenoxy) is 2. The fourth-order valence-electron chi connectivity index (χ4n) is 2.87. The highest BCUT2D eigenvalue weighted by atomic mass is 16.6. The zero-order valence-corrected chi connectivity index (χ0v) is 17.2. The highest BCUT2D eigenvalue weighted by molar-refractivity contribution is 5.95. The Labute approximate surface area is 184 Å². The maximum absolute atomic E-state index is 12.3. The molecule has 32 heavy (non-hydrogen) atoms. The zero-order chi connectivity index (χ0) is 22.9. The van der Waals surface area contributed by atoms with Crippen molar-refractivity contribution in [3.8, 4) is 17.6 Å². The van der Waals surface area contributed by atoms with Gasteiger partial charge in [0.25, 0.3) is 5.69 Å². The number of nitro groups is 1. The first-order chi connectivity index (χ1) is 15.5. The smallest absolute Gasteiger partial charge is 0.273 e. The number of nitrogens with one attached hydrogen (secondary N) is 2. The normalized spacial score (nSPS) is 10.0. The van der Waals surface area contributed by atoms with E-state index in [1.807, 2.05) is 6.07 Å². The summed E-state index contributed by atoms with van der Waals surface area (Å²) in [5, 5.41) is 25.5. The number of nitriles is 1. The van der Waals surface area contributed by atoms with Crippen LogP contribution in [0.3, 0.4) is 0 Å². The van der Waals surface area contributed by atoms with Crippen LogP contribution in [0, 0.1) is 21.4 Å². The average Bonchev–Trinajstić information content (AvgIpc) is 2.82. The van der Waals surface area contributed by atoms with E-state index in [4.69, 9.17) is 14.7 Å². The van der Waals surface area contributed by atoms with E-state index < -0.39 is 4.92 Å². The number of hydrogen-bond donors (Lipinski definition) is 2. The molecule has 0 saturated carbocycles. The maximum atomic E-state index is 12.3. The molecule has 9 nitrogen and oxygen atoms in total. The summed E-state index contributed by atoms with van der Waals surface area (Å²) >= 11 is 0. The highest BCUT2D eigenvalue weighted by Gasteiger charge is 2.13. The number of nitrogens with zero attached hydrogens (tertiary/aromatic N) is 2. The Bertz CT molecular complexity index is 1170. The summed E-state index contributed by atoms with van der Waals surface area (Å²) in [4.78, 5) is 22.6. The van der Waals surface area contributed by atoms with E-state index >= 15 is 0 Å². The molecule has 3 rings (SSSR count). The molecule has 0 atom stereocenters. The average molecular weight is 432 g/mol. The van der Waals surface area contributed by atoms with Crippen LogP contribution in [-0.4, -0.2) is 24.5 Å². The molecule has 3 aromatic rings. The third kappa shape index (κ3) is 5.96. The number of non-ortho nitro benzene ring substituents is 1. The molecule has 2 N–H and O–H groups in total. The van der Waals surface area contributed by atoms with E-state index in [9.17, 15) is 14.9 Å². The van der Waals surface area contributed by atoms with Gasteiger partial charge in [-0.2, -0.15) is 5.26 Å². The van der Waals surface area contributed by atoms with Gasteiger partial charge in [-0.1, -0.05) is 18.2 Å². The molecule has 0 fully saturated rings. The van der Waals surface area contributed by atoms with Crippen LogP contribution in [0.15, 0.2) is 66.7 Å². The highest BCUT2D eigenvalue weighted by Crippen LogP contribution is 2.29. The summed E-state index contributed by atoms with van der Waals surface area (Å²) in [6, 6.07) is 20.4. The molecular weight excluding hydrogens is 412 g/mol. The number of anilines is 2. The lowest BCUT2D eigenvalue weighted by atomic mass is 10.1. The van der Waals surface area contributed by atoms with E-state index in [2.05, 4.69) is 16.7 Å². The van der Waals surface area contributed by atoms with Crippen molar-refractivity contribution in [2.45, 2.75) is 6.61 Å². The van der Waals surface area contributed by atoms with Gasteiger partial charge in [0.2, 0.25) is 5.91 Å². The number of hydrogen-bond acceptors (Lipinski definition) is 7. The summed E-state index contributed by atoms with van der Waals surface area (Å²) < 4.78 is 10.9. The molecule has 0 saturated heterocycles. The van der Waals surface area contributed by atoms with Crippen molar-refractivity contribution >= 4 is 23.0 Å². The lowest BCUT2D eigenvalue weighted by Crippen LogP contribution is -2.22. The predicted octanol–water partition coefficient (Wildman–Crippen LogP) is 4.10. The number of amides is 1. The molecule has 1 amide bonds. The van der Waals surface area contributed by atoms with Crippen molar-refractivity contribution in [2.24, 2.45) is 0 Å². The van der Waals surface area contributed by atoms with Crippen LogP contribution in [0.5, 0.6) is 11.5 Å². The van der Waals surface area contributed by atoms with Gasteiger partial charge in [-0.25, -0.2) is 0 Å². The van der Waals surface area contributed by atoms with Crippen LogP contribution in [0.2, 0.25) is 0 Å². The Morgan fingerprint density at radius 2 is 1.94 bits per heavy atom. The SMILES string of the molecule is COc1cc([N+](=O)[O-])ccc1NC(=O)CNc1cccc(OCc2cccc(C#N)c2)c1. The first-order valence-corrected chi connectivity index (χ1v) is 9.56. The van der Waals surface area contributed by atoms with Crippen LogP contribution >= 0.6 is 0 Å². The standard InChI is InChI=1S/C23H20N4O5/c1-31-22-12-19(27(29)30)8-9-21(22)26-23(28)14-25-18-6-3-7-20(11-18)32-15-17-5-2-4-16(10-17)13-24/h2-12,25H,14-15H2,1H3,(H,26,28). The Kier molecular flexibility index (Phi) is 7.22. The van der Waals surface area contributed by atoms with Gasteiger partial charge in [0.05, 0.1) is 42.0 Å². The molecule has 162 valence electrons. The van der Waals surface area contributed by atoms with Crippen LogP contribution in [-0.2, 0) is 11.4 Å². The van der Waals surface area contributed by atoms with Crippen molar-refractivity contribution in [3.05, 3.63) is 88.0 Å². The quantitative estimate of drug-likeness (QED) is 0.385. The summed E-state index contributed by atoms with van der Waals surface area (Å²) in [5.74, 6) is 0.454. The van der Waals surface area contributed by atoms with Crippen molar-refractivity contribution in [2.75, 3.05) is 24.3 Å². The Morgan fingerprint density at radius 3 is 2.69 bits per heavy atom. The van der Waals surface area contributed by atoms with Gasteiger partial charge in [-0.05, 0) is 35.9 Å². The van der Waals surface area contributed by atoms with Crippen molar-refractivity contribution < 1.29 is 19.2 Å². The molecule has 3 aromatic carbocycles. The molecule has 0 aliphatic carbocycles. The van der Waals surface area contributed by atoms with Crippen molar-refractivity contribution in [1.82, 2.24) is 0 Å². The number of rotatable bonds is 9. The van der Waals surface area contributed by atoms with Crippen LogP contribution in [0.4, 0.5) is 17.1 Å². The predicted molar refractivity (Wildman–Crippen MR) is 119 cm³/mol. The lowest BCUT2D eigenvalue weighted by molar-refractivity contribution is -0.384. The number of carbonyl (C=O) groups is 1. The van der Waals surface area contributed by atoms with Gasteiger partial charge < -0.3 is 20.1 Å². The van der Waals surface area contributed by atoms with Crippen LogP contribution in [0.1, 0.15) is 11.1 Å². The summed E-state index contributed by atoms with van der Waals surface area (Å²) in [6.07, 6.45) is 0. The van der Waals surface area contributed by atoms with Gasteiger partial charge in [0.1, 0.15) is 18.1 Å². The maximum Gasteiger partial charge on any atom is 0.273 e. The van der Waals surface area contributed by atoms with E-state index in [-0.39, 0.29) is 23.9 Å². The zero-order valence-electron chi connectivity index (χ0n) is 17.2. The van der Waals surface area contributed by atoms with E-state index in [0.29, 0.717) is 29.3 Å². The van der Waals surface area contributed by atoms with Gasteiger partial charge in [-0.15, -0.1) is 0 Å². The van der Waals surface area contributed by atoms with Gasteiger partial charge in [-0.3, -0.25) is 14.9 Å². The van der Waals surface area contributed by atoms with Crippen molar-refractivity contribution in [3.63, 3.8) is 0 Å². The summed E-state index contributed by atoms with van der Waals surface area (Å²) in [5.41, 5.74) is 2.32. The molecule has 0 aliphatic rings. The number of nitro benzene ring substituents is 1. The minimum atomic E-state index is -0.537. The molecule has 0 aromatic heterocycles. The van der Waals surface area contributed by atoms with Crippen LogP contribution in [0.25, 0.3) is 0 Å². The number of benzene rings is 3. The molecule has 0 bridgehead atoms. The molecule has 0 spiro atoms. The van der Waals surface area contributed by atoms with E-state index in [1.165, 1.54) is 25.3 Å². The monoisotopic (exact) mass is 432 g/mol. The Balaban J connectivity index is 1.56. The summed E-state index contributed by atoms with van der Waals surface area (Å²) in [6.45, 7) is 0.271.